The quantitative estimate of drug-likeness (QED) is 0.741. The Bertz CT molecular complexity index is 642. The van der Waals surface area contributed by atoms with Gasteiger partial charge in [-0.25, -0.2) is 4.98 Å². The Morgan fingerprint density at radius 2 is 2.00 bits per heavy atom. The monoisotopic (exact) mass is 321 g/mol. The van der Waals surface area contributed by atoms with Crippen LogP contribution in [0.5, 0.6) is 0 Å². The maximum atomic E-state index is 12.5. The van der Waals surface area contributed by atoms with Crippen molar-refractivity contribution >= 4 is 17.7 Å². The fourth-order valence-electron chi connectivity index (χ4n) is 2.94. The molecule has 5 nitrogen and oxygen atoms in total. The second-order valence-corrected chi connectivity index (χ2v) is 8.15. The smallest absolute Gasteiger partial charge is 0.254 e. The van der Waals surface area contributed by atoms with Crippen molar-refractivity contribution in [2.75, 3.05) is 18.8 Å². The Labute approximate surface area is 135 Å². The molecule has 0 N–H and O–H groups in total. The predicted molar refractivity (Wildman–Crippen MR) is 87.2 cm³/mol. The molecule has 1 fully saturated rings. The van der Waals surface area contributed by atoms with Crippen LogP contribution in [0, 0.1) is 5.92 Å². The second kappa shape index (κ2) is 5.72. The minimum absolute atomic E-state index is 0.0404. The van der Waals surface area contributed by atoms with E-state index in [0.717, 1.165) is 42.5 Å². The van der Waals surface area contributed by atoms with E-state index < -0.39 is 0 Å². The lowest BCUT2D eigenvalue weighted by atomic mass is 9.92. The normalized spacial score (nSPS) is 21.8. The maximum Gasteiger partial charge on any atom is 0.254 e. The number of rotatable bonds is 1. The van der Waals surface area contributed by atoms with E-state index in [1.165, 1.54) is 11.8 Å². The molecule has 22 heavy (non-hydrogen) atoms. The zero-order valence-electron chi connectivity index (χ0n) is 13.5. The molecule has 2 aliphatic rings. The lowest BCUT2D eigenvalue weighted by molar-refractivity contribution is -0.134. The molecule has 0 radical (unpaired) electrons. The van der Waals surface area contributed by atoms with Gasteiger partial charge in [-0.05, 0) is 12.8 Å². The van der Waals surface area contributed by atoms with Gasteiger partial charge in [0.2, 0.25) is 5.91 Å². The zero-order chi connectivity index (χ0) is 15.9. The fourth-order valence-corrected chi connectivity index (χ4v) is 4.02. The van der Waals surface area contributed by atoms with Crippen LogP contribution in [-0.4, -0.2) is 39.2 Å². The first-order valence-electron chi connectivity index (χ1n) is 7.90. The van der Waals surface area contributed by atoms with Crippen molar-refractivity contribution < 1.29 is 4.79 Å². The van der Waals surface area contributed by atoms with E-state index in [1.807, 2.05) is 4.90 Å². The molecule has 1 amide bonds. The minimum Gasteiger partial charge on any atom is -0.342 e. The fraction of sp³-hybridized carbons (Fsp3) is 0.688. The standard InChI is InChI=1S/C16H23N3O2S/c1-16(2,3)12-8-13(20)19-9-11(10-22-15(19)17-12)14(21)18-6-4-5-7-18/h8,11H,4-7,9-10H2,1-3H3. The van der Waals surface area contributed by atoms with E-state index >= 15 is 0 Å². The SMILES string of the molecule is CC(C)(C)c1cc(=O)n2c(n1)SCC(C(=O)N1CCCC1)C2. The molecular weight excluding hydrogens is 298 g/mol. The highest BCUT2D eigenvalue weighted by Crippen LogP contribution is 2.29. The van der Waals surface area contributed by atoms with Crippen LogP contribution in [0.3, 0.4) is 0 Å². The van der Waals surface area contributed by atoms with E-state index in [1.54, 1.807) is 10.6 Å². The van der Waals surface area contributed by atoms with Gasteiger partial charge in [0.25, 0.3) is 5.56 Å². The molecule has 0 saturated carbocycles. The summed E-state index contributed by atoms with van der Waals surface area (Å²) >= 11 is 1.53. The van der Waals surface area contributed by atoms with Gasteiger partial charge >= 0.3 is 0 Å². The number of carbonyl (C=O) groups excluding carboxylic acids is 1. The van der Waals surface area contributed by atoms with Gasteiger partial charge in [0.1, 0.15) is 0 Å². The molecule has 120 valence electrons. The maximum absolute atomic E-state index is 12.5. The molecule has 0 bridgehead atoms. The van der Waals surface area contributed by atoms with Crippen molar-refractivity contribution in [1.29, 1.82) is 0 Å². The highest BCUT2D eigenvalue weighted by Gasteiger charge is 2.32. The Hall–Kier alpha value is -1.30. The predicted octanol–water partition coefficient (Wildman–Crippen LogP) is 1.89. The molecular formula is C16H23N3O2S. The van der Waals surface area contributed by atoms with Crippen LogP contribution in [0.25, 0.3) is 0 Å². The third-order valence-electron chi connectivity index (χ3n) is 4.33. The minimum atomic E-state index is -0.141. The van der Waals surface area contributed by atoms with E-state index in [4.69, 9.17) is 0 Å². The van der Waals surface area contributed by atoms with Crippen molar-refractivity contribution in [3.8, 4) is 0 Å². The number of carbonyl (C=O) groups is 1. The van der Waals surface area contributed by atoms with Crippen LogP contribution < -0.4 is 5.56 Å². The van der Waals surface area contributed by atoms with Crippen LogP contribution in [0.2, 0.25) is 0 Å². The average Bonchev–Trinajstić information content (AvgIpc) is 2.99. The zero-order valence-corrected chi connectivity index (χ0v) is 14.3. The first-order chi connectivity index (χ1) is 10.4. The van der Waals surface area contributed by atoms with Crippen molar-refractivity contribution in [2.24, 2.45) is 5.92 Å². The van der Waals surface area contributed by atoms with Crippen LogP contribution in [-0.2, 0) is 16.8 Å². The van der Waals surface area contributed by atoms with Gasteiger partial charge in [-0.2, -0.15) is 0 Å². The Morgan fingerprint density at radius 1 is 1.32 bits per heavy atom. The lowest BCUT2D eigenvalue weighted by Crippen LogP contribution is -2.41. The molecule has 1 saturated heterocycles. The molecule has 6 heteroatoms. The summed E-state index contributed by atoms with van der Waals surface area (Å²) < 4.78 is 1.67. The number of thioether (sulfide) groups is 1. The summed E-state index contributed by atoms with van der Waals surface area (Å²) in [4.78, 5) is 31.5. The number of nitrogens with zero attached hydrogens (tertiary/aromatic N) is 3. The Morgan fingerprint density at radius 3 is 2.64 bits per heavy atom. The highest BCUT2D eigenvalue weighted by atomic mass is 32.2. The molecule has 2 aliphatic heterocycles. The van der Waals surface area contributed by atoms with Crippen LogP contribution >= 0.6 is 11.8 Å². The summed E-state index contributed by atoms with van der Waals surface area (Å²) in [6, 6.07) is 1.62. The summed E-state index contributed by atoms with van der Waals surface area (Å²) in [6.07, 6.45) is 2.19. The Balaban J connectivity index is 1.84. The first-order valence-corrected chi connectivity index (χ1v) is 8.89. The second-order valence-electron chi connectivity index (χ2n) is 7.16. The Kier molecular flexibility index (Phi) is 4.05. The molecule has 1 aromatic rings. The number of amides is 1. The number of hydrogen-bond donors (Lipinski definition) is 0. The van der Waals surface area contributed by atoms with Gasteiger partial charge in [-0.15, -0.1) is 0 Å². The summed E-state index contributed by atoms with van der Waals surface area (Å²) in [5.74, 6) is 0.813. The van der Waals surface area contributed by atoms with Crippen LogP contribution in [0.4, 0.5) is 0 Å². The van der Waals surface area contributed by atoms with E-state index in [9.17, 15) is 9.59 Å². The molecule has 1 unspecified atom stereocenters. The number of likely N-dealkylation sites (tertiary alicyclic amines) is 1. The molecule has 1 aromatic heterocycles. The summed E-state index contributed by atoms with van der Waals surface area (Å²) in [6.45, 7) is 8.36. The molecule has 0 spiro atoms. The molecule has 0 aromatic carbocycles. The van der Waals surface area contributed by atoms with Crippen LogP contribution in [0.15, 0.2) is 16.0 Å². The van der Waals surface area contributed by atoms with Crippen molar-refractivity contribution in [3.63, 3.8) is 0 Å². The third kappa shape index (κ3) is 2.93. The van der Waals surface area contributed by atoms with E-state index in [2.05, 4.69) is 25.8 Å². The van der Waals surface area contributed by atoms with Gasteiger partial charge in [-0.3, -0.25) is 14.2 Å². The largest absolute Gasteiger partial charge is 0.342 e. The van der Waals surface area contributed by atoms with Gasteiger partial charge in [0.15, 0.2) is 5.16 Å². The van der Waals surface area contributed by atoms with Crippen molar-refractivity contribution in [2.45, 2.75) is 50.7 Å². The van der Waals surface area contributed by atoms with E-state index in [0.29, 0.717) is 6.54 Å². The van der Waals surface area contributed by atoms with Gasteiger partial charge in [-0.1, -0.05) is 32.5 Å². The van der Waals surface area contributed by atoms with E-state index in [-0.39, 0.29) is 22.8 Å². The third-order valence-corrected chi connectivity index (χ3v) is 5.46. The summed E-state index contributed by atoms with van der Waals surface area (Å²) in [5.41, 5.74) is 0.638. The van der Waals surface area contributed by atoms with Crippen molar-refractivity contribution in [1.82, 2.24) is 14.5 Å². The average molecular weight is 321 g/mol. The van der Waals surface area contributed by atoms with Gasteiger partial charge < -0.3 is 4.90 Å². The number of hydrogen-bond acceptors (Lipinski definition) is 4. The number of fused-ring (bicyclic) bond motifs is 1. The van der Waals surface area contributed by atoms with Crippen LogP contribution in [0.1, 0.15) is 39.3 Å². The summed E-state index contributed by atoms with van der Waals surface area (Å²) in [7, 11) is 0. The molecule has 3 heterocycles. The lowest BCUT2D eigenvalue weighted by Gasteiger charge is -2.29. The molecule has 0 aliphatic carbocycles. The number of aromatic nitrogens is 2. The van der Waals surface area contributed by atoms with Gasteiger partial charge in [0.05, 0.1) is 11.6 Å². The first kappa shape index (κ1) is 15.6. The van der Waals surface area contributed by atoms with Gasteiger partial charge in [0, 0.05) is 36.9 Å². The van der Waals surface area contributed by atoms with Crippen molar-refractivity contribution in [3.05, 3.63) is 22.1 Å². The highest BCUT2D eigenvalue weighted by molar-refractivity contribution is 7.99. The molecule has 1 atom stereocenters. The topological polar surface area (TPSA) is 55.2 Å². The molecule has 3 rings (SSSR count). The summed E-state index contributed by atoms with van der Waals surface area (Å²) in [5, 5.41) is 0.753.